The van der Waals surface area contributed by atoms with Crippen molar-refractivity contribution >= 4 is 13.7 Å². The topological polar surface area (TPSA) is 44.5 Å². The maximum atomic E-state index is 6.04. The van der Waals surface area contributed by atoms with Gasteiger partial charge in [-0.05, 0) is 39.4 Å². The number of rotatable bonds is 5. The van der Waals surface area contributed by atoms with Crippen LogP contribution in [0.2, 0.25) is 6.55 Å². The van der Waals surface area contributed by atoms with E-state index in [0.29, 0.717) is 0 Å². The van der Waals surface area contributed by atoms with Crippen molar-refractivity contribution in [3.8, 4) is 0 Å². The van der Waals surface area contributed by atoms with Crippen molar-refractivity contribution in [2.75, 3.05) is 0 Å². The van der Waals surface area contributed by atoms with Crippen LogP contribution in [0.3, 0.4) is 0 Å². The van der Waals surface area contributed by atoms with Crippen LogP contribution in [0.1, 0.15) is 27.7 Å². The molecule has 2 N–H and O–H groups in total. The van der Waals surface area contributed by atoms with Crippen LogP contribution >= 0.6 is 0 Å². The smallest absolute Gasteiger partial charge is 0.370 e. The lowest BCUT2D eigenvalue weighted by atomic mass is 10.4. The molecule has 0 fully saturated rings. The van der Waals surface area contributed by atoms with E-state index in [1.54, 1.807) is 0 Å². The Labute approximate surface area is 105 Å². The van der Waals surface area contributed by atoms with Gasteiger partial charge in [0.05, 0.1) is 0 Å². The summed E-state index contributed by atoms with van der Waals surface area (Å²) in [4.78, 5) is 0. The van der Waals surface area contributed by atoms with E-state index in [0.717, 1.165) is 5.19 Å². The second kappa shape index (κ2) is 5.31. The number of hydrogen-bond acceptors (Lipinski definition) is 3. The van der Waals surface area contributed by atoms with Crippen LogP contribution in [0.5, 0.6) is 0 Å². The molecule has 0 spiro atoms. The van der Waals surface area contributed by atoms with E-state index in [4.69, 9.17) is 14.6 Å². The largest absolute Gasteiger partial charge is 0.389 e. The van der Waals surface area contributed by atoms with E-state index in [9.17, 15) is 0 Å². The number of benzene rings is 1. The van der Waals surface area contributed by atoms with Crippen molar-refractivity contribution in [1.82, 2.24) is 0 Å². The summed E-state index contributed by atoms with van der Waals surface area (Å²) in [5.74, 6) is 0. The lowest BCUT2D eigenvalue weighted by molar-refractivity contribution is 0.0514. The van der Waals surface area contributed by atoms with E-state index < -0.39 is 14.3 Å². The van der Waals surface area contributed by atoms with Crippen molar-refractivity contribution in [1.29, 1.82) is 0 Å². The van der Waals surface area contributed by atoms with Gasteiger partial charge in [0, 0.05) is 6.10 Å². The molecule has 0 saturated carbocycles. The highest BCUT2D eigenvalue weighted by Gasteiger charge is 2.39. The van der Waals surface area contributed by atoms with Gasteiger partial charge in [0.2, 0.25) is 0 Å². The zero-order valence-corrected chi connectivity index (χ0v) is 12.4. The molecule has 3 nitrogen and oxygen atoms in total. The molecule has 0 radical (unpaired) electrons. The Hall–Kier alpha value is -0.683. The molecule has 4 heteroatoms. The average molecular weight is 253 g/mol. The van der Waals surface area contributed by atoms with Crippen molar-refractivity contribution in [2.45, 2.75) is 46.1 Å². The predicted octanol–water partition coefficient (Wildman–Crippen LogP) is 2.10. The normalized spacial score (nSPS) is 15.9. The first-order valence-electron chi connectivity index (χ1n) is 5.95. The first kappa shape index (κ1) is 14.4. The molecular weight excluding hydrogens is 230 g/mol. The van der Waals surface area contributed by atoms with Gasteiger partial charge in [-0.3, -0.25) is 0 Å². The fourth-order valence-electron chi connectivity index (χ4n) is 1.84. The molecule has 0 aliphatic rings. The zero-order chi connectivity index (χ0) is 13.1. The highest BCUT2D eigenvalue weighted by molar-refractivity contribution is 6.80. The van der Waals surface area contributed by atoms with Gasteiger partial charge < -0.3 is 14.6 Å². The van der Waals surface area contributed by atoms with Crippen LogP contribution in [0.4, 0.5) is 0 Å². The van der Waals surface area contributed by atoms with E-state index in [1.807, 2.05) is 64.6 Å². The highest BCUT2D eigenvalue weighted by Crippen LogP contribution is 2.16. The van der Waals surface area contributed by atoms with Gasteiger partial charge in [-0.15, -0.1) is 0 Å². The zero-order valence-electron chi connectivity index (χ0n) is 11.4. The first-order valence-corrected chi connectivity index (χ1v) is 8.27. The molecule has 1 rings (SSSR count). The fourth-order valence-corrected chi connectivity index (χ4v) is 4.85. The maximum absolute atomic E-state index is 6.04. The second-order valence-corrected chi connectivity index (χ2v) is 8.09. The number of hydrogen-bond donors (Lipinski definition) is 1. The Balaban J connectivity index is 3.02. The molecular formula is C13H23NO2Si. The van der Waals surface area contributed by atoms with E-state index in [1.165, 1.54) is 0 Å². The minimum Gasteiger partial charge on any atom is -0.389 e. The third kappa shape index (κ3) is 4.59. The van der Waals surface area contributed by atoms with Crippen molar-refractivity contribution in [3.05, 3.63) is 30.3 Å². The lowest BCUT2D eigenvalue weighted by Gasteiger charge is -2.35. The molecule has 1 unspecified atom stereocenters. The molecule has 1 aromatic carbocycles. The third-order valence-corrected chi connectivity index (χ3v) is 5.44. The van der Waals surface area contributed by atoms with E-state index in [2.05, 4.69) is 0 Å². The van der Waals surface area contributed by atoms with Crippen LogP contribution in [0.25, 0.3) is 0 Å². The van der Waals surface area contributed by atoms with Gasteiger partial charge in [-0.25, -0.2) is 0 Å². The average Bonchev–Trinajstić information content (AvgIpc) is 2.14. The van der Waals surface area contributed by atoms with Crippen LogP contribution in [-0.2, 0) is 8.85 Å². The molecule has 0 heterocycles. The molecule has 1 atom stereocenters. The van der Waals surface area contributed by atoms with Crippen LogP contribution in [-0.4, -0.2) is 20.4 Å². The summed E-state index contributed by atoms with van der Waals surface area (Å²) in [5, 5.41) is 1.10. The maximum Gasteiger partial charge on any atom is 0.370 e. The number of nitrogens with two attached hydrogens (primary N) is 1. The van der Waals surface area contributed by atoms with Gasteiger partial charge >= 0.3 is 8.56 Å². The van der Waals surface area contributed by atoms with Gasteiger partial charge in [-0.2, -0.15) is 0 Å². The Kier molecular flexibility index (Phi) is 4.49. The summed E-state index contributed by atoms with van der Waals surface area (Å²) in [7, 11) is -2.45. The molecule has 0 aromatic heterocycles. The van der Waals surface area contributed by atoms with Gasteiger partial charge in [-0.1, -0.05) is 30.3 Å². The minimum atomic E-state index is -2.45. The molecule has 17 heavy (non-hydrogen) atoms. The summed E-state index contributed by atoms with van der Waals surface area (Å²) in [6.45, 7) is 9.77. The highest BCUT2D eigenvalue weighted by atomic mass is 28.4. The minimum absolute atomic E-state index is 0.120. The molecule has 0 saturated heterocycles. The molecule has 0 aliphatic heterocycles. The second-order valence-electron chi connectivity index (χ2n) is 5.18. The van der Waals surface area contributed by atoms with Gasteiger partial charge in [0.25, 0.3) is 0 Å². The summed E-state index contributed by atoms with van der Waals surface area (Å²) < 4.78 is 12.1. The van der Waals surface area contributed by atoms with Crippen molar-refractivity contribution in [3.63, 3.8) is 0 Å². The fraction of sp³-hybridized carbons (Fsp3) is 0.538. The van der Waals surface area contributed by atoms with E-state index >= 15 is 0 Å². The molecule has 0 amide bonds. The molecule has 0 bridgehead atoms. The Morgan fingerprint density at radius 3 is 2.12 bits per heavy atom. The predicted molar refractivity (Wildman–Crippen MR) is 73.3 cm³/mol. The summed E-state index contributed by atoms with van der Waals surface area (Å²) in [6.07, 6.45) is 0.120. The third-order valence-electron chi connectivity index (χ3n) is 2.22. The Morgan fingerprint density at radius 1 is 1.18 bits per heavy atom. The Bertz CT molecular complexity index is 348. The molecule has 1 aromatic rings. The lowest BCUT2D eigenvalue weighted by Crippen LogP contribution is -2.58. The van der Waals surface area contributed by atoms with Crippen LogP contribution < -0.4 is 10.9 Å². The Morgan fingerprint density at radius 2 is 1.71 bits per heavy atom. The summed E-state index contributed by atoms with van der Waals surface area (Å²) in [6, 6.07) is 10.1. The molecule has 96 valence electrons. The van der Waals surface area contributed by atoms with Crippen molar-refractivity contribution in [2.24, 2.45) is 5.73 Å². The summed E-state index contributed by atoms with van der Waals surface area (Å²) >= 11 is 0. The molecule has 0 aliphatic carbocycles. The standard InChI is InChI=1S/C13H23NO2Si/c1-11(2)15-17(5,16-13(3,4)14)12-9-7-6-8-10-12/h6-11H,14H2,1-5H3. The van der Waals surface area contributed by atoms with Crippen LogP contribution in [0.15, 0.2) is 30.3 Å². The van der Waals surface area contributed by atoms with Crippen LogP contribution in [0, 0.1) is 0 Å². The first-order chi connectivity index (χ1) is 7.73. The SMILES string of the molecule is CC(C)O[Si](C)(OC(C)(C)N)c1ccccc1. The van der Waals surface area contributed by atoms with E-state index in [-0.39, 0.29) is 6.10 Å². The van der Waals surface area contributed by atoms with Gasteiger partial charge in [0.1, 0.15) is 5.72 Å². The monoisotopic (exact) mass is 253 g/mol. The van der Waals surface area contributed by atoms with Gasteiger partial charge in [0.15, 0.2) is 0 Å². The quantitative estimate of drug-likeness (QED) is 0.645. The summed E-state index contributed by atoms with van der Waals surface area (Å²) in [5.41, 5.74) is 5.28. The van der Waals surface area contributed by atoms with Crippen molar-refractivity contribution < 1.29 is 8.85 Å².